The molecule has 2 heterocycles. The van der Waals surface area contributed by atoms with Gasteiger partial charge in [0.25, 0.3) is 5.91 Å². The van der Waals surface area contributed by atoms with Gasteiger partial charge in [-0.25, -0.2) is 28.3 Å². The number of halogens is 2. The van der Waals surface area contributed by atoms with E-state index >= 15 is 0 Å². The Hall–Kier alpha value is -3.41. The summed E-state index contributed by atoms with van der Waals surface area (Å²) in [4.78, 5) is 54.8. The van der Waals surface area contributed by atoms with Crippen molar-refractivity contribution in [2.75, 3.05) is 12.4 Å². The first kappa shape index (κ1) is 23.3. The summed E-state index contributed by atoms with van der Waals surface area (Å²) in [7, 11) is 1.19. The highest BCUT2D eigenvalue weighted by molar-refractivity contribution is 7.14. The summed E-state index contributed by atoms with van der Waals surface area (Å²) in [5, 5.41) is 6.26. The van der Waals surface area contributed by atoms with Gasteiger partial charge in [0.15, 0.2) is 22.5 Å². The highest BCUT2D eigenvalue weighted by atomic mass is 32.1. The minimum atomic E-state index is -1.47. The second kappa shape index (κ2) is 9.39. The van der Waals surface area contributed by atoms with Gasteiger partial charge in [-0.2, -0.15) is 0 Å². The second-order valence-corrected chi connectivity index (χ2v) is 8.26. The average molecular weight is 466 g/mol. The third kappa shape index (κ3) is 4.59. The minimum absolute atomic E-state index is 0.00940. The lowest BCUT2D eigenvalue weighted by Crippen LogP contribution is -2.48. The summed E-state index contributed by atoms with van der Waals surface area (Å²) in [5.74, 6) is -4.79. The van der Waals surface area contributed by atoms with Crippen LogP contribution in [-0.2, 0) is 14.3 Å². The predicted octanol–water partition coefficient (Wildman–Crippen LogP) is 2.85. The number of rotatable bonds is 7. The number of anilines is 1. The third-order valence-corrected chi connectivity index (χ3v) is 5.46. The molecule has 12 heteroatoms. The van der Waals surface area contributed by atoms with E-state index in [1.54, 1.807) is 13.8 Å². The monoisotopic (exact) mass is 466 g/mol. The Morgan fingerprint density at radius 1 is 1.31 bits per heavy atom. The number of urea groups is 1. The number of ether oxygens (including phenoxy) is 1. The number of nitrogens with one attached hydrogen (secondary N) is 2. The van der Waals surface area contributed by atoms with Crippen LogP contribution in [0.25, 0.3) is 0 Å². The number of imide groups is 1. The highest BCUT2D eigenvalue weighted by Crippen LogP contribution is 2.29. The lowest BCUT2D eigenvalue weighted by Gasteiger charge is -2.25. The molecule has 1 aromatic carbocycles. The summed E-state index contributed by atoms with van der Waals surface area (Å²) < 4.78 is 32.4. The number of hydrogen-bond donors (Lipinski definition) is 2. The Balaban J connectivity index is 1.86. The number of carbonyl (C=O) groups excluding carboxylic acids is 4. The second-order valence-electron chi connectivity index (χ2n) is 7.40. The van der Waals surface area contributed by atoms with Gasteiger partial charge in [-0.1, -0.05) is 26.0 Å². The van der Waals surface area contributed by atoms with Gasteiger partial charge in [0.1, 0.15) is 12.1 Å². The van der Waals surface area contributed by atoms with E-state index in [0.29, 0.717) is 4.90 Å². The molecule has 0 radical (unpaired) electrons. The van der Waals surface area contributed by atoms with Crippen molar-refractivity contribution in [1.82, 2.24) is 15.2 Å². The van der Waals surface area contributed by atoms with Gasteiger partial charge in [-0.15, -0.1) is 11.3 Å². The third-order valence-electron chi connectivity index (χ3n) is 4.70. The van der Waals surface area contributed by atoms with Crippen molar-refractivity contribution >= 4 is 40.3 Å². The highest BCUT2D eigenvalue weighted by Gasteiger charge is 2.46. The molecule has 1 aliphatic heterocycles. The van der Waals surface area contributed by atoms with Crippen LogP contribution in [0.2, 0.25) is 0 Å². The Morgan fingerprint density at radius 2 is 2.03 bits per heavy atom. The molecule has 0 bridgehead atoms. The van der Waals surface area contributed by atoms with Gasteiger partial charge in [-0.05, 0) is 18.4 Å². The minimum Gasteiger partial charge on any atom is -0.464 e. The standard InChI is InChI=1S/C20H20F2N4O5S/c1-9(2)7-13(16(27)25-19-23-12(8-32-19)18(29)31-3)26-17(28)15(24-20(26)30)10-5-4-6-11(21)14(10)22/h4-6,8-9,13,15H,7H2,1-3H3,(H,24,30)(H,23,25,27). The first-order chi connectivity index (χ1) is 15.1. The van der Waals surface area contributed by atoms with Crippen LogP contribution >= 0.6 is 11.3 Å². The SMILES string of the molecule is COC(=O)c1csc(NC(=O)C(CC(C)C)N2C(=O)NC(c3cccc(F)c3F)C2=O)n1. The van der Waals surface area contributed by atoms with E-state index in [9.17, 15) is 28.0 Å². The Labute approximate surface area is 185 Å². The maximum Gasteiger partial charge on any atom is 0.357 e. The van der Waals surface area contributed by atoms with Crippen LogP contribution in [0.5, 0.6) is 0 Å². The molecule has 3 rings (SSSR count). The van der Waals surface area contributed by atoms with Gasteiger partial charge < -0.3 is 15.4 Å². The maximum absolute atomic E-state index is 14.2. The summed E-state index contributed by atoms with van der Waals surface area (Å²) >= 11 is 0.964. The maximum atomic E-state index is 14.2. The Morgan fingerprint density at radius 3 is 2.69 bits per heavy atom. The fraction of sp³-hybridized carbons (Fsp3) is 0.350. The number of hydrogen-bond acceptors (Lipinski definition) is 7. The number of methoxy groups -OCH3 is 1. The van der Waals surface area contributed by atoms with Crippen molar-refractivity contribution in [1.29, 1.82) is 0 Å². The van der Waals surface area contributed by atoms with Crippen molar-refractivity contribution in [3.63, 3.8) is 0 Å². The molecular formula is C20H20F2N4O5S. The molecule has 1 fully saturated rings. The number of amides is 4. The predicted molar refractivity (Wildman–Crippen MR) is 110 cm³/mol. The molecule has 1 saturated heterocycles. The van der Waals surface area contributed by atoms with Crippen LogP contribution in [0, 0.1) is 17.6 Å². The van der Waals surface area contributed by atoms with E-state index in [4.69, 9.17) is 0 Å². The number of benzene rings is 1. The van der Waals surface area contributed by atoms with E-state index in [-0.39, 0.29) is 28.7 Å². The molecule has 2 atom stereocenters. The normalized spacial score (nSPS) is 16.8. The van der Waals surface area contributed by atoms with Crippen LogP contribution in [0.15, 0.2) is 23.6 Å². The topological polar surface area (TPSA) is 118 Å². The van der Waals surface area contributed by atoms with Gasteiger partial charge >= 0.3 is 12.0 Å². The van der Waals surface area contributed by atoms with Crippen molar-refractivity contribution in [2.45, 2.75) is 32.4 Å². The molecule has 2 unspecified atom stereocenters. The first-order valence-electron chi connectivity index (χ1n) is 9.56. The summed E-state index contributed by atoms with van der Waals surface area (Å²) in [6.45, 7) is 3.59. The van der Waals surface area contributed by atoms with Gasteiger partial charge in [0, 0.05) is 10.9 Å². The van der Waals surface area contributed by atoms with E-state index in [0.717, 1.165) is 17.4 Å². The molecule has 1 aromatic heterocycles. The Kier molecular flexibility index (Phi) is 6.82. The zero-order valence-corrected chi connectivity index (χ0v) is 18.2. The van der Waals surface area contributed by atoms with Crippen molar-refractivity contribution in [2.24, 2.45) is 5.92 Å². The molecule has 0 aliphatic carbocycles. The van der Waals surface area contributed by atoms with Crippen LogP contribution in [0.3, 0.4) is 0 Å². The molecule has 2 aromatic rings. The fourth-order valence-electron chi connectivity index (χ4n) is 3.24. The van der Waals surface area contributed by atoms with Crippen molar-refractivity contribution in [3.8, 4) is 0 Å². The molecule has 2 N–H and O–H groups in total. The van der Waals surface area contributed by atoms with Crippen molar-refractivity contribution < 1.29 is 32.7 Å². The Bertz CT molecular complexity index is 1070. The number of esters is 1. The molecule has 0 saturated carbocycles. The van der Waals surface area contributed by atoms with Gasteiger partial charge in [0.05, 0.1) is 7.11 Å². The lowest BCUT2D eigenvalue weighted by molar-refractivity contribution is -0.134. The summed E-state index contributed by atoms with van der Waals surface area (Å²) in [6, 6.07) is -0.314. The summed E-state index contributed by atoms with van der Waals surface area (Å²) in [6.07, 6.45) is 0.110. The first-order valence-corrected chi connectivity index (χ1v) is 10.4. The molecule has 0 spiro atoms. The number of aromatic nitrogens is 1. The van der Waals surface area contributed by atoms with Crippen LogP contribution in [0.1, 0.15) is 42.4 Å². The van der Waals surface area contributed by atoms with Crippen LogP contribution in [0.4, 0.5) is 18.7 Å². The number of nitrogens with zero attached hydrogens (tertiary/aromatic N) is 2. The zero-order chi connectivity index (χ0) is 23.6. The van der Waals surface area contributed by atoms with Gasteiger partial charge in [-0.3, -0.25) is 9.59 Å². The molecule has 32 heavy (non-hydrogen) atoms. The molecule has 170 valence electrons. The molecule has 9 nitrogen and oxygen atoms in total. The lowest BCUT2D eigenvalue weighted by atomic mass is 10.0. The van der Waals surface area contributed by atoms with E-state index in [1.165, 1.54) is 24.6 Å². The summed E-state index contributed by atoms with van der Waals surface area (Å²) in [5.41, 5.74) is -0.345. The van der Waals surface area contributed by atoms with Gasteiger partial charge in [0.2, 0.25) is 5.91 Å². The smallest absolute Gasteiger partial charge is 0.357 e. The average Bonchev–Trinajstić information content (AvgIpc) is 3.32. The molecule has 1 aliphatic rings. The van der Waals surface area contributed by atoms with E-state index < -0.39 is 47.5 Å². The van der Waals surface area contributed by atoms with E-state index in [1.807, 2.05) is 0 Å². The van der Waals surface area contributed by atoms with Crippen molar-refractivity contribution in [3.05, 3.63) is 46.5 Å². The van der Waals surface area contributed by atoms with Crippen LogP contribution < -0.4 is 10.6 Å². The number of carbonyl (C=O) groups is 4. The van der Waals surface area contributed by atoms with E-state index in [2.05, 4.69) is 20.4 Å². The fourth-order valence-corrected chi connectivity index (χ4v) is 3.92. The molecular weight excluding hydrogens is 446 g/mol. The largest absolute Gasteiger partial charge is 0.464 e. The zero-order valence-electron chi connectivity index (χ0n) is 17.3. The molecule has 4 amide bonds. The number of thiazole rings is 1. The quantitative estimate of drug-likeness (QED) is 0.479. The van der Waals surface area contributed by atoms with Crippen LogP contribution in [-0.4, -0.2) is 46.9 Å².